The van der Waals surface area contributed by atoms with Crippen LogP contribution in [0.4, 0.5) is 13.2 Å². The molecule has 0 aromatic heterocycles. The zero-order valence-electron chi connectivity index (χ0n) is 7.79. The first-order valence-electron chi connectivity index (χ1n) is 4.31. The van der Waals surface area contributed by atoms with Crippen molar-refractivity contribution >= 4 is 12.4 Å². The van der Waals surface area contributed by atoms with Crippen molar-refractivity contribution in [1.29, 1.82) is 0 Å². The van der Waals surface area contributed by atoms with Gasteiger partial charge < -0.3 is 4.79 Å². The third kappa shape index (κ3) is 3.58. The Labute approximate surface area is 85.2 Å². The molecule has 0 heterocycles. The Morgan fingerprint density at radius 1 is 1.13 bits per heavy atom. The Kier molecular flexibility index (Phi) is 3.66. The summed E-state index contributed by atoms with van der Waals surface area (Å²) in [6.45, 7) is 0. The van der Waals surface area contributed by atoms with Crippen molar-refractivity contribution < 1.29 is 18.0 Å². The largest absolute Gasteiger partial charge is 0.416 e. The van der Waals surface area contributed by atoms with Gasteiger partial charge in [0.1, 0.15) is 6.29 Å². The number of alkyl halides is 3. The van der Waals surface area contributed by atoms with Gasteiger partial charge in [0, 0.05) is 6.42 Å². The molecule has 0 aliphatic heterocycles. The number of halogens is 3. The summed E-state index contributed by atoms with van der Waals surface area (Å²) >= 11 is 0. The fourth-order valence-corrected chi connectivity index (χ4v) is 1.04. The summed E-state index contributed by atoms with van der Waals surface area (Å²) < 4.78 is 36.5. The van der Waals surface area contributed by atoms with Crippen LogP contribution in [0.2, 0.25) is 0 Å². The number of carbonyl (C=O) groups is 1. The standard InChI is InChI=1S/C11H9F3O/c12-11(13,14)10-6-4-9(5-7-10)3-1-2-8-15/h1,3-8H,2H2/b3-1+. The molecule has 1 rings (SSSR count). The molecule has 0 unspecified atom stereocenters. The van der Waals surface area contributed by atoms with E-state index < -0.39 is 11.7 Å². The van der Waals surface area contributed by atoms with Crippen molar-refractivity contribution in [2.45, 2.75) is 12.6 Å². The summed E-state index contributed by atoms with van der Waals surface area (Å²) in [6, 6.07) is 4.76. The second-order valence-electron chi connectivity index (χ2n) is 2.92. The minimum atomic E-state index is -4.30. The average molecular weight is 214 g/mol. The van der Waals surface area contributed by atoms with Crippen molar-refractivity contribution in [2.24, 2.45) is 0 Å². The van der Waals surface area contributed by atoms with Crippen molar-refractivity contribution in [3.63, 3.8) is 0 Å². The van der Waals surface area contributed by atoms with E-state index in [2.05, 4.69) is 0 Å². The maximum atomic E-state index is 12.2. The second kappa shape index (κ2) is 4.77. The molecule has 1 aromatic rings. The predicted octanol–water partition coefficient (Wildman–Crippen LogP) is 3.31. The third-order valence-corrected chi connectivity index (χ3v) is 1.78. The molecule has 0 saturated heterocycles. The van der Waals surface area contributed by atoms with Gasteiger partial charge in [0.15, 0.2) is 0 Å². The van der Waals surface area contributed by atoms with E-state index in [0.29, 0.717) is 5.56 Å². The van der Waals surface area contributed by atoms with E-state index in [0.717, 1.165) is 18.4 Å². The molecule has 4 heteroatoms. The summed E-state index contributed by atoms with van der Waals surface area (Å²) in [6.07, 6.45) is -0.114. The molecule has 0 amide bonds. The Bertz CT molecular complexity index is 349. The zero-order chi connectivity index (χ0) is 11.3. The van der Waals surface area contributed by atoms with Crippen LogP contribution in [-0.2, 0) is 11.0 Å². The molecular formula is C11H9F3O. The third-order valence-electron chi connectivity index (χ3n) is 1.78. The van der Waals surface area contributed by atoms with Gasteiger partial charge in [-0.2, -0.15) is 13.2 Å². The smallest absolute Gasteiger partial charge is 0.303 e. The monoisotopic (exact) mass is 214 g/mol. The highest BCUT2D eigenvalue weighted by atomic mass is 19.4. The van der Waals surface area contributed by atoms with Crippen molar-refractivity contribution in [1.82, 2.24) is 0 Å². The molecule has 15 heavy (non-hydrogen) atoms. The SMILES string of the molecule is O=CC/C=C/c1ccc(C(F)(F)F)cc1. The quantitative estimate of drug-likeness (QED) is 0.705. The van der Waals surface area contributed by atoms with Crippen LogP contribution in [0.25, 0.3) is 6.08 Å². The molecule has 0 spiro atoms. The second-order valence-corrected chi connectivity index (χ2v) is 2.92. The Morgan fingerprint density at radius 2 is 1.73 bits per heavy atom. The van der Waals surface area contributed by atoms with Gasteiger partial charge in [-0.15, -0.1) is 0 Å². The van der Waals surface area contributed by atoms with Crippen molar-refractivity contribution in [3.05, 3.63) is 41.5 Å². The van der Waals surface area contributed by atoms with Gasteiger partial charge in [-0.3, -0.25) is 0 Å². The van der Waals surface area contributed by atoms with E-state index in [1.54, 1.807) is 12.2 Å². The number of aldehydes is 1. The minimum Gasteiger partial charge on any atom is -0.303 e. The van der Waals surface area contributed by atoms with Gasteiger partial charge in [0.2, 0.25) is 0 Å². The summed E-state index contributed by atoms with van der Waals surface area (Å²) in [5.74, 6) is 0. The Balaban J connectivity index is 2.77. The first kappa shape index (κ1) is 11.5. The van der Waals surface area contributed by atoms with Gasteiger partial charge in [-0.05, 0) is 17.7 Å². The molecule has 0 N–H and O–H groups in total. The van der Waals surface area contributed by atoms with E-state index in [1.807, 2.05) is 0 Å². The topological polar surface area (TPSA) is 17.1 Å². The average Bonchev–Trinajstić information content (AvgIpc) is 2.18. The summed E-state index contributed by atoms with van der Waals surface area (Å²) in [5, 5.41) is 0. The molecule has 0 atom stereocenters. The van der Waals surface area contributed by atoms with E-state index in [1.165, 1.54) is 12.1 Å². The number of rotatable bonds is 3. The van der Waals surface area contributed by atoms with Crippen LogP contribution in [0, 0.1) is 0 Å². The number of hydrogen-bond acceptors (Lipinski definition) is 1. The van der Waals surface area contributed by atoms with Gasteiger partial charge in [0.25, 0.3) is 0 Å². The van der Waals surface area contributed by atoms with Gasteiger partial charge in [0.05, 0.1) is 5.56 Å². The molecule has 1 aromatic carbocycles. The minimum absolute atomic E-state index is 0.265. The van der Waals surface area contributed by atoms with Gasteiger partial charge in [-0.1, -0.05) is 24.3 Å². The number of benzene rings is 1. The molecule has 80 valence electrons. The van der Waals surface area contributed by atoms with Crippen LogP contribution in [-0.4, -0.2) is 6.29 Å². The van der Waals surface area contributed by atoms with Crippen LogP contribution < -0.4 is 0 Å². The molecule has 1 nitrogen and oxygen atoms in total. The van der Waals surface area contributed by atoms with Crippen LogP contribution >= 0.6 is 0 Å². The first-order valence-corrected chi connectivity index (χ1v) is 4.31. The van der Waals surface area contributed by atoms with Crippen LogP contribution in [0.1, 0.15) is 17.5 Å². The molecule has 0 fully saturated rings. The normalized spacial score (nSPS) is 11.9. The maximum Gasteiger partial charge on any atom is 0.416 e. The van der Waals surface area contributed by atoms with Crippen molar-refractivity contribution in [3.8, 4) is 0 Å². The van der Waals surface area contributed by atoms with Crippen LogP contribution in [0.3, 0.4) is 0 Å². The molecular weight excluding hydrogens is 205 g/mol. The summed E-state index contributed by atoms with van der Waals surface area (Å²) in [7, 11) is 0. The summed E-state index contributed by atoms with van der Waals surface area (Å²) in [4.78, 5) is 9.98. The fraction of sp³-hybridized carbons (Fsp3) is 0.182. The lowest BCUT2D eigenvalue weighted by molar-refractivity contribution is -0.137. The Morgan fingerprint density at radius 3 is 2.20 bits per heavy atom. The van der Waals surface area contributed by atoms with Crippen LogP contribution in [0.15, 0.2) is 30.3 Å². The van der Waals surface area contributed by atoms with E-state index in [-0.39, 0.29) is 6.42 Å². The van der Waals surface area contributed by atoms with E-state index in [9.17, 15) is 18.0 Å². The maximum absolute atomic E-state index is 12.2. The molecule has 0 bridgehead atoms. The predicted molar refractivity (Wildman–Crippen MR) is 51.2 cm³/mol. The van der Waals surface area contributed by atoms with Crippen LogP contribution in [0.5, 0.6) is 0 Å². The lowest BCUT2D eigenvalue weighted by atomic mass is 10.1. The molecule has 0 aliphatic carbocycles. The van der Waals surface area contributed by atoms with E-state index >= 15 is 0 Å². The number of allylic oxidation sites excluding steroid dienone is 1. The lowest BCUT2D eigenvalue weighted by Gasteiger charge is -2.05. The molecule has 0 aliphatic rings. The van der Waals surface area contributed by atoms with Crippen molar-refractivity contribution in [2.75, 3.05) is 0 Å². The zero-order valence-corrected chi connectivity index (χ0v) is 7.79. The summed E-state index contributed by atoms with van der Waals surface area (Å²) in [5.41, 5.74) is -0.0279. The fourth-order valence-electron chi connectivity index (χ4n) is 1.04. The highest BCUT2D eigenvalue weighted by Crippen LogP contribution is 2.29. The molecule has 0 radical (unpaired) electrons. The van der Waals surface area contributed by atoms with Gasteiger partial charge >= 0.3 is 6.18 Å². The highest BCUT2D eigenvalue weighted by molar-refractivity contribution is 5.58. The Hall–Kier alpha value is -1.58. The lowest BCUT2D eigenvalue weighted by Crippen LogP contribution is -2.03. The molecule has 0 saturated carbocycles. The van der Waals surface area contributed by atoms with Gasteiger partial charge in [-0.25, -0.2) is 0 Å². The number of hydrogen-bond donors (Lipinski definition) is 0. The van der Waals surface area contributed by atoms with E-state index in [4.69, 9.17) is 0 Å². The first-order chi connectivity index (χ1) is 7.04. The number of carbonyl (C=O) groups excluding carboxylic acids is 1. The highest BCUT2D eigenvalue weighted by Gasteiger charge is 2.29.